The Bertz CT molecular complexity index is 308. The fourth-order valence-corrected chi connectivity index (χ4v) is 1.77. The van der Waals surface area contributed by atoms with E-state index in [4.69, 9.17) is 16.7 Å². The molecule has 0 saturated heterocycles. The molecule has 0 radical (unpaired) electrons. The average molecular weight is 271 g/mol. The smallest absolute Gasteiger partial charge is 0.310 e. The maximum Gasteiger partial charge on any atom is 0.310 e. The van der Waals surface area contributed by atoms with Gasteiger partial charge in [-0.05, 0) is 18.4 Å². The lowest BCUT2D eigenvalue weighted by molar-refractivity contribution is -0.138. The van der Waals surface area contributed by atoms with Gasteiger partial charge in [0.2, 0.25) is 0 Å². The number of hydrogen-bond acceptors (Lipinski definition) is 1. The summed E-state index contributed by atoms with van der Waals surface area (Å²) in [5.74, 6) is -0.275. The molecule has 1 rings (SSSR count). The van der Waals surface area contributed by atoms with Gasteiger partial charge in [0.15, 0.2) is 0 Å². The third-order valence-corrected chi connectivity index (χ3v) is 2.91. The van der Waals surface area contributed by atoms with Crippen LogP contribution in [0, 0.1) is 0 Å². The second kappa shape index (κ2) is 11.1. The summed E-state index contributed by atoms with van der Waals surface area (Å²) < 4.78 is 0. The molecule has 0 saturated carbocycles. The van der Waals surface area contributed by atoms with Crippen LogP contribution in [0.5, 0.6) is 0 Å². The number of carboxylic acid groups (broad SMARTS) is 1. The van der Waals surface area contributed by atoms with Gasteiger partial charge in [-0.3, -0.25) is 4.79 Å². The van der Waals surface area contributed by atoms with Crippen LogP contribution < -0.4 is 0 Å². The molecular formula is C15H23ClO2. The van der Waals surface area contributed by atoms with Crippen molar-refractivity contribution in [2.45, 2.75) is 45.4 Å². The molecule has 0 heterocycles. The first-order valence-corrected chi connectivity index (χ1v) is 7.04. The Labute approximate surface area is 115 Å². The molecule has 0 spiro atoms. The summed E-state index contributed by atoms with van der Waals surface area (Å²) in [6.07, 6.45) is 4.37. The first-order chi connectivity index (χ1) is 8.67. The van der Waals surface area contributed by atoms with E-state index in [2.05, 4.69) is 6.92 Å². The highest BCUT2D eigenvalue weighted by Gasteiger charge is 2.16. The number of unbranched alkanes of at least 4 members (excludes halogenated alkanes) is 2. The summed E-state index contributed by atoms with van der Waals surface area (Å²) in [4.78, 5) is 10.7. The van der Waals surface area contributed by atoms with Crippen LogP contribution in [0.1, 0.15) is 51.0 Å². The Hall–Kier alpha value is -1.02. The van der Waals surface area contributed by atoms with Crippen molar-refractivity contribution in [1.82, 2.24) is 0 Å². The molecule has 0 fully saturated rings. The lowest BCUT2D eigenvalue weighted by Crippen LogP contribution is -2.09. The van der Waals surface area contributed by atoms with Crippen molar-refractivity contribution in [3.05, 3.63) is 35.9 Å². The fraction of sp³-hybridized carbons (Fsp3) is 0.533. The summed E-state index contributed by atoms with van der Waals surface area (Å²) in [6, 6.07) is 9.31. The highest BCUT2D eigenvalue weighted by Crippen LogP contribution is 2.18. The summed E-state index contributed by atoms with van der Waals surface area (Å²) in [5.41, 5.74) is 0.882. The minimum atomic E-state index is -0.747. The van der Waals surface area contributed by atoms with Gasteiger partial charge in [-0.25, -0.2) is 0 Å². The van der Waals surface area contributed by atoms with Crippen molar-refractivity contribution in [3.8, 4) is 0 Å². The molecule has 1 N–H and O–H groups in total. The van der Waals surface area contributed by atoms with Crippen molar-refractivity contribution in [1.29, 1.82) is 0 Å². The Kier molecular flexibility index (Phi) is 10.5. The SMILES string of the molecule is CCC(C(=O)O)c1ccccc1.CCCCCCl. The molecule has 0 aliphatic carbocycles. The molecule has 0 aliphatic rings. The van der Waals surface area contributed by atoms with Crippen LogP contribution >= 0.6 is 11.6 Å². The van der Waals surface area contributed by atoms with Crippen molar-refractivity contribution < 1.29 is 9.90 Å². The summed E-state index contributed by atoms with van der Waals surface area (Å²) >= 11 is 5.38. The van der Waals surface area contributed by atoms with Crippen LogP contribution in [-0.4, -0.2) is 17.0 Å². The van der Waals surface area contributed by atoms with Crippen LogP contribution in [-0.2, 0) is 4.79 Å². The van der Waals surface area contributed by atoms with Crippen LogP contribution in [0.4, 0.5) is 0 Å². The third kappa shape index (κ3) is 7.33. The zero-order valence-corrected chi connectivity index (χ0v) is 12.0. The van der Waals surface area contributed by atoms with Gasteiger partial charge >= 0.3 is 5.97 Å². The Morgan fingerprint density at radius 2 is 1.83 bits per heavy atom. The van der Waals surface area contributed by atoms with Crippen LogP contribution in [0.3, 0.4) is 0 Å². The van der Waals surface area contributed by atoms with E-state index in [1.54, 1.807) is 0 Å². The summed E-state index contributed by atoms with van der Waals surface area (Å²) in [7, 11) is 0. The van der Waals surface area contributed by atoms with E-state index in [0.29, 0.717) is 6.42 Å². The summed E-state index contributed by atoms with van der Waals surface area (Å²) in [6.45, 7) is 4.05. The predicted molar refractivity (Wildman–Crippen MR) is 77.4 cm³/mol. The topological polar surface area (TPSA) is 37.3 Å². The number of hydrogen-bond donors (Lipinski definition) is 1. The van der Waals surface area contributed by atoms with Gasteiger partial charge in [0, 0.05) is 5.88 Å². The Balaban J connectivity index is 0.000000411. The monoisotopic (exact) mass is 270 g/mol. The second-order valence-electron chi connectivity index (χ2n) is 4.11. The van der Waals surface area contributed by atoms with Crippen LogP contribution in [0.2, 0.25) is 0 Å². The van der Waals surface area contributed by atoms with Crippen molar-refractivity contribution in [3.63, 3.8) is 0 Å². The van der Waals surface area contributed by atoms with Gasteiger partial charge in [-0.1, -0.05) is 57.0 Å². The fourth-order valence-electron chi connectivity index (χ4n) is 1.58. The number of alkyl halides is 1. The van der Waals surface area contributed by atoms with Gasteiger partial charge in [0.05, 0.1) is 5.92 Å². The zero-order valence-electron chi connectivity index (χ0n) is 11.2. The molecule has 3 heteroatoms. The van der Waals surface area contributed by atoms with Crippen molar-refractivity contribution >= 4 is 17.6 Å². The molecule has 102 valence electrons. The molecule has 0 aromatic heterocycles. The average Bonchev–Trinajstić information content (AvgIpc) is 2.39. The minimum Gasteiger partial charge on any atom is -0.481 e. The van der Waals surface area contributed by atoms with E-state index < -0.39 is 5.97 Å². The van der Waals surface area contributed by atoms with Gasteiger partial charge < -0.3 is 5.11 Å². The van der Waals surface area contributed by atoms with E-state index >= 15 is 0 Å². The normalized spacial score (nSPS) is 11.3. The first-order valence-electron chi connectivity index (χ1n) is 6.51. The van der Waals surface area contributed by atoms with Gasteiger partial charge in [0.25, 0.3) is 0 Å². The molecule has 1 unspecified atom stereocenters. The van der Waals surface area contributed by atoms with Crippen molar-refractivity contribution in [2.24, 2.45) is 0 Å². The van der Waals surface area contributed by atoms with E-state index in [-0.39, 0.29) is 5.92 Å². The highest BCUT2D eigenvalue weighted by atomic mass is 35.5. The standard InChI is InChI=1S/C10H12O2.C5H11Cl/c1-2-9(10(11)12)8-6-4-3-5-7-8;1-2-3-4-5-6/h3-7,9H,2H2,1H3,(H,11,12);2-5H2,1H3. The van der Waals surface area contributed by atoms with Gasteiger partial charge in [-0.15, -0.1) is 11.6 Å². The summed E-state index contributed by atoms with van der Waals surface area (Å²) in [5, 5.41) is 8.83. The maximum atomic E-state index is 10.7. The van der Waals surface area contributed by atoms with Crippen LogP contribution in [0.15, 0.2) is 30.3 Å². The number of carbonyl (C=O) groups is 1. The zero-order chi connectivity index (χ0) is 13.8. The molecule has 18 heavy (non-hydrogen) atoms. The molecule has 1 aromatic carbocycles. The van der Waals surface area contributed by atoms with E-state index in [0.717, 1.165) is 11.4 Å². The quantitative estimate of drug-likeness (QED) is 0.602. The number of halogens is 1. The molecule has 2 nitrogen and oxygen atoms in total. The Morgan fingerprint density at radius 3 is 2.17 bits per heavy atom. The predicted octanol–water partition coefficient (Wildman–Crippen LogP) is 4.68. The van der Waals surface area contributed by atoms with E-state index in [1.807, 2.05) is 37.3 Å². The molecule has 0 aliphatic heterocycles. The molecule has 0 bridgehead atoms. The van der Waals surface area contributed by atoms with E-state index in [9.17, 15) is 4.79 Å². The van der Waals surface area contributed by atoms with Gasteiger partial charge in [-0.2, -0.15) is 0 Å². The first kappa shape index (κ1) is 17.0. The minimum absolute atomic E-state index is 0.355. The van der Waals surface area contributed by atoms with E-state index in [1.165, 1.54) is 19.3 Å². The van der Waals surface area contributed by atoms with Crippen molar-refractivity contribution in [2.75, 3.05) is 5.88 Å². The maximum absolute atomic E-state index is 10.7. The Morgan fingerprint density at radius 1 is 1.22 bits per heavy atom. The molecule has 0 amide bonds. The molecule has 1 atom stereocenters. The lowest BCUT2D eigenvalue weighted by atomic mass is 9.97. The lowest BCUT2D eigenvalue weighted by Gasteiger charge is -2.08. The number of carboxylic acids is 1. The molecule has 1 aromatic rings. The third-order valence-electron chi connectivity index (χ3n) is 2.65. The second-order valence-corrected chi connectivity index (χ2v) is 4.48. The number of benzene rings is 1. The highest BCUT2D eigenvalue weighted by molar-refractivity contribution is 6.17. The van der Waals surface area contributed by atoms with Crippen LogP contribution in [0.25, 0.3) is 0 Å². The largest absolute Gasteiger partial charge is 0.481 e. The van der Waals surface area contributed by atoms with Gasteiger partial charge in [0.1, 0.15) is 0 Å². The molecular weight excluding hydrogens is 248 g/mol. The number of aliphatic carboxylic acids is 1. The number of rotatable bonds is 6.